The number of hydrogen-bond acceptors (Lipinski definition) is 4. The van der Waals surface area contributed by atoms with Crippen molar-refractivity contribution in [1.82, 2.24) is 5.32 Å². The van der Waals surface area contributed by atoms with E-state index in [1.54, 1.807) is 0 Å². The molecule has 1 saturated carbocycles. The van der Waals surface area contributed by atoms with Crippen molar-refractivity contribution >= 4 is 11.9 Å². The van der Waals surface area contributed by atoms with E-state index < -0.39 is 24.0 Å². The molecular formula is C13H13F2NO5. The minimum absolute atomic E-state index is 0.0129. The third kappa shape index (κ3) is 3.21. The number of alkyl halides is 2. The van der Waals surface area contributed by atoms with Gasteiger partial charge in [-0.15, -0.1) is 0 Å². The Bertz CT molecular complexity index is 572. The number of benzene rings is 1. The molecule has 1 aliphatic carbocycles. The fraction of sp³-hybridized carbons (Fsp3) is 0.385. The number of methoxy groups -OCH3 is 1. The summed E-state index contributed by atoms with van der Waals surface area (Å²) in [6.07, 6.45) is 0.676. The second-order valence-corrected chi connectivity index (χ2v) is 4.59. The summed E-state index contributed by atoms with van der Waals surface area (Å²) in [5, 5.41) is 11.4. The minimum Gasteiger partial charge on any atom is -0.493 e. The van der Waals surface area contributed by atoms with Crippen LogP contribution < -0.4 is 14.8 Å². The van der Waals surface area contributed by atoms with Crippen LogP contribution in [0.5, 0.6) is 11.5 Å². The number of carbonyl (C=O) groups is 2. The number of halogens is 2. The van der Waals surface area contributed by atoms with E-state index in [9.17, 15) is 18.4 Å². The van der Waals surface area contributed by atoms with Crippen LogP contribution in [-0.2, 0) is 4.79 Å². The zero-order valence-corrected chi connectivity index (χ0v) is 11.1. The van der Waals surface area contributed by atoms with Gasteiger partial charge in [0.2, 0.25) is 0 Å². The van der Waals surface area contributed by atoms with Gasteiger partial charge in [-0.2, -0.15) is 8.78 Å². The van der Waals surface area contributed by atoms with Crippen LogP contribution in [-0.4, -0.2) is 36.2 Å². The van der Waals surface area contributed by atoms with Gasteiger partial charge in [-0.1, -0.05) is 0 Å². The summed E-state index contributed by atoms with van der Waals surface area (Å²) >= 11 is 0. The van der Waals surface area contributed by atoms with Crippen molar-refractivity contribution in [2.45, 2.75) is 25.0 Å². The maximum atomic E-state index is 12.3. The molecule has 8 heteroatoms. The van der Waals surface area contributed by atoms with Crippen LogP contribution in [0.2, 0.25) is 0 Å². The fourth-order valence-corrected chi connectivity index (χ4v) is 1.81. The molecule has 1 aromatic carbocycles. The van der Waals surface area contributed by atoms with Crippen LogP contribution >= 0.6 is 0 Å². The molecule has 0 bridgehead atoms. The highest BCUT2D eigenvalue weighted by molar-refractivity contribution is 5.99. The Morgan fingerprint density at radius 1 is 1.33 bits per heavy atom. The molecule has 1 aromatic rings. The summed E-state index contributed by atoms with van der Waals surface area (Å²) in [7, 11) is 1.27. The van der Waals surface area contributed by atoms with Crippen LogP contribution in [0.4, 0.5) is 8.78 Å². The number of ether oxygens (including phenoxy) is 2. The van der Waals surface area contributed by atoms with Gasteiger partial charge in [0, 0.05) is 5.56 Å². The van der Waals surface area contributed by atoms with Crippen molar-refractivity contribution in [3.05, 3.63) is 23.8 Å². The maximum Gasteiger partial charge on any atom is 0.387 e. The molecule has 0 unspecified atom stereocenters. The van der Waals surface area contributed by atoms with E-state index in [4.69, 9.17) is 9.84 Å². The van der Waals surface area contributed by atoms with E-state index in [1.807, 2.05) is 0 Å². The lowest BCUT2D eigenvalue weighted by Crippen LogP contribution is -2.43. The normalized spacial score (nSPS) is 15.4. The molecule has 21 heavy (non-hydrogen) atoms. The van der Waals surface area contributed by atoms with E-state index in [2.05, 4.69) is 10.1 Å². The van der Waals surface area contributed by atoms with Crippen molar-refractivity contribution in [2.24, 2.45) is 0 Å². The quantitative estimate of drug-likeness (QED) is 0.834. The largest absolute Gasteiger partial charge is 0.493 e. The fourth-order valence-electron chi connectivity index (χ4n) is 1.81. The number of aliphatic carboxylic acids is 1. The summed E-state index contributed by atoms with van der Waals surface area (Å²) in [4.78, 5) is 23.0. The predicted molar refractivity (Wildman–Crippen MR) is 66.7 cm³/mol. The smallest absolute Gasteiger partial charge is 0.387 e. The average molecular weight is 301 g/mol. The summed E-state index contributed by atoms with van der Waals surface area (Å²) in [6.45, 7) is -3.06. The van der Waals surface area contributed by atoms with Crippen LogP contribution in [0.1, 0.15) is 23.2 Å². The van der Waals surface area contributed by atoms with Crippen molar-refractivity contribution in [2.75, 3.05) is 7.11 Å². The molecule has 1 amide bonds. The van der Waals surface area contributed by atoms with Gasteiger partial charge in [-0.25, -0.2) is 4.79 Å². The van der Waals surface area contributed by atoms with E-state index in [1.165, 1.54) is 19.2 Å². The van der Waals surface area contributed by atoms with E-state index >= 15 is 0 Å². The van der Waals surface area contributed by atoms with Crippen LogP contribution in [0, 0.1) is 0 Å². The molecule has 0 saturated heterocycles. The Hall–Kier alpha value is -2.38. The van der Waals surface area contributed by atoms with Gasteiger partial charge in [0.1, 0.15) is 5.54 Å². The molecular weight excluding hydrogens is 288 g/mol. The highest BCUT2D eigenvalue weighted by atomic mass is 19.3. The standard InChI is InChI=1S/C13H13F2NO5/c1-20-8-3-2-7(6-9(8)21-12(14)15)10(17)16-13(4-5-13)11(18)19/h2-3,6,12H,4-5H2,1H3,(H,16,17)(H,18,19). The first-order valence-electron chi connectivity index (χ1n) is 6.07. The molecule has 0 aromatic heterocycles. The van der Waals surface area contributed by atoms with Crippen molar-refractivity contribution in [1.29, 1.82) is 0 Å². The van der Waals surface area contributed by atoms with Gasteiger partial charge in [0.15, 0.2) is 11.5 Å². The molecule has 0 heterocycles. The summed E-state index contributed by atoms with van der Waals surface area (Å²) in [6, 6.07) is 3.72. The second-order valence-electron chi connectivity index (χ2n) is 4.59. The average Bonchev–Trinajstić information content (AvgIpc) is 3.19. The van der Waals surface area contributed by atoms with Crippen molar-refractivity contribution in [3.8, 4) is 11.5 Å². The lowest BCUT2D eigenvalue weighted by atomic mass is 10.1. The topological polar surface area (TPSA) is 84.9 Å². The summed E-state index contributed by atoms with van der Waals surface area (Å²) < 4.78 is 33.7. The Kier molecular flexibility index (Phi) is 3.97. The van der Waals surface area contributed by atoms with Crippen LogP contribution in [0.3, 0.4) is 0 Å². The highest BCUT2D eigenvalue weighted by Gasteiger charge is 2.51. The zero-order chi connectivity index (χ0) is 15.6. The molecule has 0 radical (unpaired) electrons. The lowest BCUT2D eigenvalue weighted by molar-refractivity contribution is -0.140. The van der Waals surface area contributed by atoms with Gasteiger partial charge in [0.25, 0.3) is 5.91 Å². The molecule has 0 spiro atoms. The third-order valence-electron chi connectivity index (χ3n) is 3.15. The monoisotopic (exact) mass is 301 g/mol. The van der Waals surface area contributed by atoms with Crippen LogP contribution in [0.15, 0.2) is 18.2 Å². The zero-order valence-electron chi connectivity index (χ0n) is 11.1. The summed E-state index contributed by atoms with van der Waals surface area (Å²) in [5.41, 5.74) is -1.24. The first-order chi connectivity index (χ1) is 9.88. The van der Waals surface area contributed by atoms with E-state index in [-0.39, 0.29) is 17.1 Å². The molecule has 1 aliphatic rings. The number of hydrogen-bond donors (Lipinski definition) is 2. The van der Waals surface area contributed by atoms with Crippen molar-refractivity contribution < 1.29 is 33.0 Å². The van der Waals surface area contributed by atoms with Gasteiger partial charge in [0.05, 0.1) is 7.11 Å². The van der Waals surface area contributed by atoms with E-state index in [0.29, 0.717) is 12.8 Å². The number of carboxylic acids is 1. The number of carboxylic acid groups (broad SMARTS) is 1. The maximum absolute atomic E-state index is 12.3. The number of carbonyl (C=O) groups excluding carboxylic acids is 1. The van der Waals surface area contributed by atoms with Gasteiger partial charge in [-0.3, -0.25) is 4.79 Å². The predicted octanol–water partition coefficient (Wildman–Crippen LogP) is 1.64. The number of nitrogens with one attached hydrogen (secondary N) is 1. The van der Waals surface area contributed by atoms with Gasteiger partial charge < -0.3 is 19.9 Å². The molecule has 0 aliphatic heterocycles. The first-order valence-corrected chi connectivity index (χ1v) is 6.07. The molecule has 6 nitrogen and oxygen atoms in total. The molecule has 2 N–H and O–H groups in total. The minimum atomic E-state index is -3.06. The Labute approximate surface area is 118 Å². The molecule has 2 rings (SSSR count). The Balaban J connectivity index is 2.19. The highest BCUT2D eigenvalue weighted by Crippen LogP contribution is 2.36. The van der Waals surface area contributed by atoms with Gasteiger partial charge in [-0.05, 0) is 31.0 Å². The van der Waals surface area contributed by atoms with Crippen LogP contribution in [0.25, 0.3) is 0 Å². The Morgan fingerprint density at radius 3 is 2.48 bits per heavy atom. The van der Waals surface area contributed by atoms with Gasteiger partial charge >= 0.3 is 12.6 Å². The van der Waals surface area contributed by atoms with Crippen molar-refractivity contribution in [3.63, 3.8) is 0 Å². The molecule has 1 fully saturated rings. The number of amides is 1. The second kappa shape index (κ2) is 5.55. The lowest BCUT2D eigenvalue weighted by Gasteiger charge is -2.14. The van der Waals surface area contributed by atoms with E-state index in [0.717, 1.165) is 6.07 Å². The third-order valence-corrected chi connectivity index (χ3v) is 3.15. The molecule has 114 valence electrons. The first kappa shape index (κ1) is 15.0. The molecule has 0 atom stereocenters. The Morgan fingerprint density at radius 2 is 2.00 bits per heavy atom. The number of rotatable bonds is 6. The SMILES string of the molecule is COc1ccc(C(=O)NC2(C(=O)O)CC2)cc1OC(F)F. The summed E-state index contributed by atoms with van der Waals surface area (Å²) in [5.74, 6) is -2.03.